The highest BCUT2D eigenvalue weighted by molar-refractivity contribution is 8.13. The zero-order valence-electron chi connectivity index (χ0n) is 10.5. The lowest BCUT2D eigenvalue weighted by molar-refractivity contribution is -0.109. The maximum atomic E-state index is 10.7. The fraction of sp³-hybridized carbons (Fsp3) is 0.357. The number of aryl methyl sites for hydroxylation is 1. The number of hydrogen-bond acceptors (Lipinski definition) is 3. The highest BCUT2D eigenvalue weighted by Gasteiger charge is 1.96. The lowest BCUT2D eigenvalue weighted by Gasteiger charge is -2.03. The van der Waals surface area contributed by atoms with E-state index in [1.807, 2.05) is 19.1 Å². The lowest BCUT2D eigenvalue weighted by atomic mass is 10.1. The van der Waals surface area contributed by atoms with Crippen molar-refractivity contribution in [2.24, 2.45) is 0 Å². The van der Waals surface area contributed by atoms with Crippen LogP contribution in [0.2, 0.25) is 0 Å². The van der Waals surface area contributed by atoms with Gasteiger partial charge < -0.3 is 4.74 Å². The Morgan fingerprint density at radius 2 is 2.18 bits per heavy atom. The molecule has 0 saturated carbocycles. The van der Waals surface area contributed by atoms with Gasteiger partial charge in [0.2, 0.25) is 0 Å². The molecule has 92 valence electrons. The molecule has 0 amide bonds. The van der Waals surface area contributed by atoms with E-state index in [9.17, 15) is 4.79 Å². The Hall–Kier alpha value is -1.22. The molecule has 17 heavy (non-hydrogen) atoms. The second kappa shape index (κ2) is 7.17. The van der Waals surface area contributed by atoms with Gasteiger partial charge in [0, 0.05) is 12.7 Å². The van der Waals surface area contributed by atoms with E-state index in [0.717, 1.165) is 23.5 Å². The van der Waals surface area contributed by atoms with Crippen molar-refractivity contribution in [3.8, 4) is 5.75 Å². The summed E-state index contributed by atoms with van der Waals surface area (Å²) in [4.78, 5) is 10.7. The molecule has 0 radical (unpaired) electrons. The molecule has 0 aliphatic rings. The number of benzene rings is 1. The van der Waals surface area contributed by atoms with E-state index >= 15 is 0 Å². The number of hydrogen-bond donors (Lipinski definition) is 0. The number of methoxy groups -OCH3 is 1. The van der Waals surface area contributed by atoms with E-state index in [2.05, 4.69) is 18.2 Å². The van der Waals surface area contributed by atoms with Gasteiger partial charge in [0.1, 0.15) is 5.75 Å². The topological polar surface area (TPSA) is 26.3 Å². The summed E-state index contributed by atoms with van der Waals surface area (Å²) in [7, 11) is 1.67. The average Bonchev–Trinajstić information content (AvgIpc) is 2.27. The van der Waals surface area contributed by atoms with Gasteiger partial charge >= 0.3 is 0 Å². The van der Waals surface area contributed by atoms with Crippen molar-refractivity contribution in [3.05, 3.63) is 35.4 Å². The van der Waals surface area contributed by atoms with Crippen molar-refractivity contribution >= 4 is 23.0 Å². The molecule has 3 heteroatoms. The second-order valence-corrected chi connectivity index (χ2v) is 5.09. The van der Waals surface area contributed by atoms with E-state index in [1.165, 1.54) is 17.3 Å². The lowest BCUT2D eigenvalue weighted by Crippen LogP contribution is -1.86. The van der Waals surface area contributed by atoms with Gasteiger partial charge in [0.25, 0.3) is 0 Å². The number of rotatable bonds is 5. The molecule has 0 spiro atoms. The Balaban J connectivity index is 2.52. The molecule has 0 fully saturated rings. The molecule has 0 aliphatic heterocycles. The van der Waals surface area contributed by atoms with Crippen LogP contribution >= 0.6 is 11.8 Å². The summed E-state index contributed by atoms with van der Waals surface area (Å²) < 4.78 is 5.21. The van der Waals surface area contributed by atoms with E-state index in [0.29, 0.717) is 0 Å². The molecule has 0 unspecified atom stereocenters. The summed E-state index contributed by atoms with van der Waals surface area (Å²) in [5.74, 6) is 1.72. The van der Waals surface area contributed by atoms with Gasteiger partial charge in [-0.3, -0.25) is 4.79 Å². The minimum atomic E-state index is 0.177. The number of allylic oxidation sites excluding steroid dienone is 1. The maximum absolute atomic E-state index is 10.7. The largest absolute Gasteiger partial charge is 0.497 e. The molecule has 0 bridgehead atoms. The zero-order chi connectivity index (χ0) is 12.7. The van der Waals surface area contributed by atoms with Crippen LogP contribution in [0.3, 0.4) is 0 Å². The van der Waals surface area contributed by atoms with Crippen LogP contribution in [0.25, 0.3) is 6.08 Å². The third-order valence-corrected chi connectivity index (χ3v) is 3.06. The molecule has 0 N–H and O–H groups in total. The van der Waals surface area contributed by atoms with Gasteiger partial charge in [-0.2, -0.15) is 0 Å². The third kappa shape index (κ3) is 5.59. The number of carbonyl (C=O) groups is 1. The van der Waals surface area contributed by atoms with Crippen LogP contribution in [0.5, 0.6) is 5.75 Å². The highest BCUT2D eigenvalue weighted by Crippen LogP contribution is 2.17. The summed E-state index contributed by atoms with van der Waals surface area (Å²) >= 11 is 1.36. The summed E-state index contributed by atoms with van der Waals surface area (Å²) in [6.07, 6.45) is 5.06. The predicted molar refractivity (Wildman–Crippen MR) is 74.5 cm³/mol. The standard InChI is InChI=1S/C14H18O2S/c1-11-8-13(10-14(9-11)16-3)6-4-5-7-17-12(2)15/h4,6,8-10H,5,7H2,1-3H3. The van der Waals surface area contributed by atoms with E-state index < -0.39 is 0 Å². The first-order chi connectivity index (χ1) is 8.11. The molecule has 0 heterocycles. The maximum Gasteiger partial charge on any atom is 0.185 e. The van der Waals surface area contributed by atoms with E-state index in [4.69, 9.17) is 4.74 Å². The van der Waals surface area contributed by atoms with Crippen LogP contribution in [0.1, 0.15) is 24.5 Å². The smallest absolute Gasteiger partial charge is 0.185 e. The van der Waals surface area contributed by atoms with Crippen molar-refractivity contribution in [3.63, 3.8) is 0 Å². The quantitative estimate of drug-likeness (QED) is 0.746. The fourth-order valence-corrected chi connectivity index (χ4v) is 2.02. The summed E-state index contributed by atoms with van der Waals surface area (Å²) in [6.45, 7) is 3.64. The number of carbonyl (C=O) groups excluding carboxylic acids is 1. The van der Waals surface area contributed by atoms with Crippen LogP contribution in [-0.2, 0) is 4.79 Å². The molecule has 2 nitrogen and oxygen atoms in total. The SMILES string of the molecule is COc1cc(C)cc(C=CCCSC(C)=O)c1. The Morgan fingerprint density at radius 3 is 2.82 bits per heavy atom. The molecule has 0 atom stereocenters. The van der Waals surface area contributed by atoms with Gasteiger partial charge in [-0.15, -0.1) is 0 Å². The van der Waals surface area contributed by atoms with Gasteiger partial charge in [-0.25, -0.2) is 0 Å². The van der Waals surface area contributed by atoms with Gasteiger partial charge in [-0.1, -0.05) is 30.0 Å². The molecule has 1 aromatic carbocycles. The van der Waals surface area contributed by atoms with Crippen LogP contribution in [0, 0.1) is 6.92 Å². The molecule has 0 aliphatic carbocycles. The summed E-state index contributed by atoms with van der Waals surface area (Å²) in [5, 5.41) is 0.177. The first kappa shape index (κ1) is 13.8. The van der Waals surface area contributed by atoms with Gasteiger partial charge in [-0.05, 0) is 36.6 Å². The third-order valence-electron chi connectivity index (χ3n) is 2.21. The fourth-order valence-electron chi connectivity index (χ4n) is 1.48. The molecular formula is C14H18O2S. The minimum Gasteiger partial charge on any atom is -0.497 e. The van der Waals surface area contributed by atoms with Crippen LogP contribution < -0.4 is 4.74 Å². The predicted octanol–water partition coefficient (Wildman–Crippen LogP) is 3.69. The monoisotopic (exact) mass is 250 g/mol. The number of ether oxygens (including phenoxy) is 1. The molecule has 0 saturated heterocycles. The molecule has 0 aromatic heterocycles. The zero-order valence-corrected chi connectivity index (χ0v) is 11.3. The summed E-state index contributed by atoms with van der Waals surface area (Å²) in [6, 6.07) is 6.11. The second-order valence-electron chi connectivity index (χ2n) is 3.81. The van der Waals surface area contributed by atoms with Crippen molar-refractivity contribution < 1.29 is 9.53 Å². The first-order valence-electron chi connectivity index (χ1n) is 5.57. The summed E-state index contributed by atoms with van der Waals surface area (Å²) in [5.41, 5.74) is 2.32. The number of thioether (sulfide) groups is 1. The molecular weight excluding hydrogens is 232 g/mol. The molecule has 1 rings (SSSR count). The Labute approximate surface area is 107 Å². The van der Waals surface area contributed by atoms with Crippen LogP contribution in [0.4, 0.5) is 0 Å². The van der Waals surface area contributed by atoms with E-state index in [-0.39, 0.29) is 5.12 Å². The van der Waals surface area contributed by atoms with Crippen molar-refractivity contribution in [2.45, 2.75) is 20.3 Å². The van der Waals surface area contributed by atoms with Crippen LogP contribution in [0.15, 0.2) is 24.3 Å². The first-order valence-corrected chi connectivity index (χ1v) is 6.56. The minimum absolute atomic E-state index is 0.177. The average molecular weight is 250 g/mol. The van der Waals surface area contributed by atoms with Crippen molar-refractivity contribution in [1.82, 2.24) is 0 Å². The van der Waals surface area contributed by atoms with Gasteiger partial charge in [0.05, 0.1) is 7.11 Å². The van der Waals surface area contributed by atoms with Crippen LogP contribution in [-0.4, -0.2) is 18.0 Å². The molecule has 1 aromatic rings. The Bertz CT molecular complexity index is 411. The van der Waals surface area contributed by atoms with Gasteiger partial charge in [0.15, 0.2) is 5.12 Å². The highest BCUT2D eigenvalue weighted by atomic mass is 32.2. The normalized spacial score (nSPS) is 10.8. The van der Waals surface area contributed by atoms with Crippen molar-refractivity contribution in [2.75, 3.05) is 12.9 Å². The van der Waals surface area contributed by atoms with E-state index in [1.54, 1.807) is 14.0 Å². The van der Waals surface area contributed by atoms with Crippen molar-refractivity contribution in [1.29, 1.82) is 0 Å². The Morgan fingerprint density at radius 1 is 1.41 bits per heavy atom. The Kier molecular flexibility index (Phi) is 5.84.